The van der Waals surface area contributed by atoms with Crippen LogP contribution in [-0.2, 0) is 0 Å². The largest absolute Gasteiger partial charge is 0.362 e. The maximum atomic E-state index is 12.8. The molecule has 2 atom stereocenters. The maximum Gasteiger partial charge on any atom is 0.257 e. The highest BCUT2D eigenvalue weighted by Gasteiger charge is 2.33. The third-order valence-electron chi connectivity index (χ3n) is 3.74. The molecule has 0 aromatic carbocycles. The number of nitrogens with two attached hydrogens (primary N) is 1. The normalized spacial score (nSPS) is 22.1. The van der Waals surface area contributed by atoms with Crippen LogP contribution in [0, 0.1) is 5.92 Å². The molecule has 110 valence electrons. The van der Waals surface area contributed by atoms with E-state index in [1.807, 2.05) is 30.0 Å². The zero-order chi connectivity index (χ0) is 14.9. The van der Waals surface area contributed by atoms with Gasteiger partial charge in [-0.1, -0.05) is 0 Å². The summed E-state index contributed by atoms with van der Waals surface area (Å²) in [5, 5.41) is 0. The molecular formula is C14H21BrN4O. The summed E-state index contributed by atoms with van der Waals surface area (Å²) in [4.78, 5) is 20.9. The maximum absolute atomic E-state index is 12.8. The molecule has 1 aromatic rings. The Morgan fingerprint density at radius 2 is 2.30 bits per heavy atom. The Hall–Kier alpha value is -1.14. The molecule has 0 radical (unpaired) electrons. The Morgan fingerprint density at radius 1 is 1.60 bits per heavy atom. The van der Waals surface area contributed by atoms with Crippen molar-refractivity contribution in [2.24, 2.45) is 11.7 Å². The number of carbonyl (C=O) groups is 1. The summed E-state index contributed by atoms with van der Waals surface area (Å²) < 4.78 is 0.814. The number of hydrogen-bond acceptors (Lipinski definition) is 4. The molecule has 1 aliphatic heterocycles. The summed E-state index contributed by atoms with van der Waals surface area (Å²) in [6.07, 6.45) is 2.68. The van der Waals surface area contributed by atoms with Crippen molar-refractivity contribution in [2.75, 3.05) is 32.1 Å². The summed E-state index contributed by atoms with van der Waals surface area (Å²) in [7, 11) is 3.78. The average Bonchev–Trinajstić information content (AvgIpc) is 2.78. The third-order valence-corrected chi connectivity index (χ3v) is 4.18. The molecule has 2 unspecified atom stereocenters. The van der Waals surface area contributed by atoms with Crippen molar-refractivity contribution in [3.8, 4) is 0 Å². The minimum atomic E-state index is 0.0333. The average molecular weight is 341 g/mol. The van der Waals surface area contributed by atoms with Gasteiger partial charge in [0.25, 0.3) is 5.91 Å². The first-order valence-electron chi connectivity index (χ1n) is 6.78. The van der Waals surface area contributed by atoms with Crippen LogP contribution in [0.1, 0.15) is 23.7 Å². The number of anilines is 1. The standard InChI is InChI=1S/C14H21BrN4O/c1-9-4-10(6-16)8-19(9)14(20)12-5-11(15)7-17-13(12)18(2)3/h5,7,9-10H,4,6,8,16H2,1-3H3. The van der Waals surface area contributed by atoms with E-state index in [2.05, 4.69) is 27.8 Å². The van der Waals surface area contributed by atoms with Crippen LogP contribution in [0.5, 0.6) is 0 Å². The van der Waals surface area contributed by atoms with Crippen LogP contribution in [0.2, 0.25) is 0 Å². The van der Waals surface area contributed by atoms with Crippen LogP contribution in [0.25, 0.3) is 0 Å². The molecule has 1 fully saturated rings. The number of likely N-dealkylation sites (tertiary alicyclic amines) is 1. The van der Waals surface area contributed by atoms with E-state index in [9.17, 15) is 4.79 Å². The number of carbonyl (C=O) groups excluding carboxylic acids is 1. The third kappa shape index (κ3) is 2.96. The summed E-state index contributed by atoms with van der Waals surface area (Å²) in [6, 6.07) is 2.07. The van der Waals surface area contributed by atoms with Gasteiger partial charge in [0.15, 0.2) is 0 Å². The van der Waals surface area contributed by atoms with Gasteiger partial charge in [-0.25, -0.2) is 4.98 Å². The van der Waals surface area contributed by atoms with Gasteiger partial charge < -0.3 is 15.5 Å². The molecule has 20 heavy (non-hydrogen) atoms. The second-order valence-corrected chi connectivity index (χ2v) is 6.48. The van der Waals surface area contributed by atoms with Crippen molar-refractivity contribution in [3.63, 3.8) is 0 Å². The molecular weight excluding hydrogens is 320 g/mol. The molecule has 6 heteroatoms. The summed E-state index contributed by atoms with van der Waals surface area (Å²) in [5.41, 5.74) is 6.37. The van der Waals surface area contributed by atoms with Gasteiger partial charge in [-0.3, -0.25) is 4.79 Å². The quantitative estimate of drug-likeness (QED) is 0.909. The van der Waals surface area contributed by atoms with Gasteiger partial charge >= 0.3 is 0 Å². The Morgan fingerprint density at radius 3 is 2.85 bits per heavy atom. The van der Waals surface area contributed by atoms with Gasteiger partial charge in [-0.15, -0.1) is 0 Å². The van der Waals surface area contributed by atoms with Crippen LogP contribution < -0.4 is 10.6 Å². The van der Waals surface area contributed by atoms with Gasteiger partial charge in [0.05, 0.1) is 5.56 Å². The first kappa shape index (κ1) is 15.3. The molecule has 2 heterocycles. The first-order valence-corrected chi connectivity index (χ1v) is 7.57. The smallest absolute Gasteiger partial charge is 0.257 e. The number of pyridine rings is 1. The Kier molecular flexibility index (Phi) is 4.65. The number of hydrogen-bond donors (Lipinski definition) is 1. The Bertz CT molecular complexity index is 506. The van der Waals surface area contributed by atoms with E-state index in [1.54, 1.807) is 6.20 Å². The van der Waals surface area contributed by atoms with Gasteiger partial charge in [0, 0.05) is 37.4 Å². The molecule has 1 aromatic heterocycles. The lowest BCUT2D eigenvalue weighted by atomic mass is 10.1. The van der Waals surface area contributed by atoms with E-state index in [4.69, 9.17) is 5.73 Å². The molecule has 0 spiro atoms. The van der Waals surface area contributed by atoms with Crippen LogP contribution >= 0.6 is 15.9 Å². The van der Waals surface area contributed by atoms with Crippen molar-refractivity contribution in [3.05, 3.63) is 22.3 Å². The molecule has 0 bridgehead atoms. The van der Waals surface area contributed by atoms with Crippen molar-refractivity contribution < 1.29 is 4.79 Å². The highest BCUT2D eigenvalue weighted by atomic mass is 79.9. The molecule has 0 aliphatic carbocycles. The lowest BCUT2D eigenvalue weighted by molar-refractivity contribution is 0.0743. The zero-order valence-electron chi connectivity index (χ0n) is 12.1. The highest BCUT2D eigenvalue weighted by Crippen LogP contribution is 2.28. The minimum Gasteiger partial charge on any atom is -0.362 e. The molecule has 1 aliphatic rings. The zero-order valence-corrected chi connectivity index (χ0v) is 13.7. The lowest BCUT2D eigenvalue weighted by Crippen LogP contribution is -2.35. The predicted molar refractivity (Wildman–Crippen MR) is 83.9 cm³/mol. The highest BCUT2D eigenvalue weighted by molar-refractivity contribution is 9.10. The first-order chi connectivity index (χ1) is 9.43. The fraction of sp³-hybridized carbons (Fsp3) is 0.571. The van der Waals surface area contributed by atoms with Crippen LogP contribution in [0.4, 0.5) is 5.82 Å². The SMILES string of the molecule is CC1CC(CN)CN1C(=O)c1cc(Br)cnc1N(C)C. The molecule has 2 rings (SSSR count). The van der Waals surface area contributed by atoms with Crippen molar-refractivity contribution in [1.82, 2.24) is 9.88 Å². The second-order valence-electron chi connectivity index (χ2n) is 5.56. The number of rotatable bonds is 3. The molecule has 2 N–H and O–H groups in total. The van der Waals surface area contributed by atoms with Crippen LogP contribution in [0.15, 0.2) is 16.7 Å². The number of amides is 1. The topological polar surface area (TPSA) is 62.5 Å². The van der Waals surface area contributed by atoms with E-state index in [0.717, 1.165) is 17.4 Å². The number of aromatic nitrogens is 1. The van der Waals surface area contributed by atoms with Gasteiger partial charge in [-0.05, 0) is 47.8 Å². The van der Waals surface area contributed by atoms with E-state index in [-0.39, 0.29) is 11.9 Å². The van der Waals surface area contributed by atoms with E-state index in [0.29, 0.717) is 23.8 Å². The Labute approximate surface area is 128 Å². The van der Waals surface area contributed by atoms with Crippen molar-refractivity contribution in [2.45, 2.75) is 19.4 Å². The summed E-state index contributed by atoms with van der Waals surface area (Å²) in [6.45, 7) is 3.44. The Balaban J connectivity index is 2.31. The fourth-order valence-electron chi connectivity index (χ4n) is 2.70. The molecule has 1 amide bonds. The van der Waals surface area contributed by atoms with Crippen molar-refractivity contribution >= 4 is 27.7 Å². The van der Waals surface area contributed by atoms with Crippen LogP contribution in [0.3, 0.4) is 0 Å². The number of halogens is 1. The van der Waals surface area contributed by atoms with Gasteiger partial charge in [0.1, 0.15) is 5.82 Å². The predicted octanol–water partition coefficient (Wildman–Crippen LogP) is 1.72. The van der Waals surface area contributed by atoms with Crippen LogP contribution in [-0.4, -0.2) is 49.0 Å². The number of nitrogens with zero attached hydrogens (tertiary/aromatic N) is 3. The fourth-order valence-corrected chi connectivity index (χ4v) is 3.03. The lowest BCUT2D eigenvalue weighted by Gasteiger charge is -2.24. The summed E-state index contributed by atoms with van der Waals surface area (Å²) in [5.74, 6) is 1.13. The second kappa shape index (κ2) is 6.10. The minimum absolute atomic E-state index is 0.0333. The van der Waals surface area contributed by atoms with Gasteiger partial charge in [0.2, 0.25) is 0 Å². The molecule has 5 nitrogen and oxygen atoms in total. The molecule has 0 saturated carbocycles. The van der Waals surface area contributed by atoms with Gasteiger partial charge in [-0.2, -0.15) is 0 Å². The van der Waals surface area contributed by atoms with E-state index in [1.165, 1.54) is 0 Å². The molecule has 1 saturated heterocycles. The van der Waals surface area contributed by atoms with E-state index < -0.39 is 0 Å². The summed E-state index contributed by atoms with van der Waals surface area (Å²) >= 11 is 3.39. The van der Waals surface area contributed by atoms with Crippen molar-refractivity contribution in [1.29, 1.82) is 0 Å². The van der Waals surface area contributed by atoms with E-state index >= 15 is 0 Å². The monoisotopic (exact) mass is 340 g/mol.